The van der Waals surface area contributed by atoms with Gasteiger partial charge in [0.15, 0.2) is 0 Å². The fraction of sp³-hybridized carbons (Fsp3) is 0.417. The maximum Gasteiger partial charge on any atom is 0.238 e. The van der Waals surface area contributed by atoms with Gasteiger partial charge >= 0.3 is 0 Å². The SMILES string of the molecule is CNCC(=O)Nc1ccc(Br)cc1C(C)C. The van der Waals surface area contributed by atoms with Crippen LogP contribution in [0, 0.1) is 0 Å². The van der Waals surface area contributed by atoms with Gasteiger partial charge in [0, 0.05) is 10.2 Å². The number of rotatable bonds is 4. The van der Waals surface area contributed by atoms with Crippen molar-refractivity contribution >= 4 is 27.5 Å². The Morgan fingerprint density at radius 2 is 2.12 bits per heavy atom. The van der Waals surface area contributed by atoms with Crippen molar-refractivity contribution in [2.45, 2.75) is 19.8 Å². The topological polar surface area (TPSA) is 41.1 Å². The van der Waals surface area contributed by atoms with Gasteiger partial charge in [-0.1, -0.05) is 29.8 Å². The molecule has 0 radical (unpaired) electrons. The zero-order valence-electron chi connectivity index (χ0n) is 9.80. The van der Waals surface area contributed by atoms with Crippen molar-refractivity contribution in [1.82, 2.24) is 5.32 Å². The second-order valence-corrected chi connectivity index (χ2v) is 4.88. The van der Waals surface area contributed by atoms with Crippen molar-refractivity contribution in [3.05, 3.63) is 28.2 Å². The summed E-state index contributed by atoms with van der Waals surface area (Å²) in [4.78, 5) is 11.5. The molecule has 0 aliphatic carbocycles. The number of anilines is 1. The van der Waals surface area contributed by atoms with E-state index in [4.69, 9.17) is 0 Å². The summed E-state index contributed by atoms with van der Waals surface area (Å²) < 4.78 is 1.03. The first-order valence-electron chi connectivity index (χ1n) is 5.28. The van der Waals surface area contributed by atoms with Gasteiger partial charge in [-0.2, -0.15) is 0 Å². The summed E-state index contributed by atoms with van der Waals surface area (Å²) in [7, 11) is 1.75. The van der Waals surface area contributed by atoms with Crippen LogP contribution in [0.2, 0.25) is 0 Å². The van der Waals surface area contributed by atoms with Crippen LogP contribution in [0.3, 0.4) is 0 Å². The summed E-state index contributed by atoms with van der Waals surface area (Å²) in [6, 6.07) is 5.90. The second kappa shape index (κ2) is 6.01. The summed E-state index contributed by atoms with van der Waals surface area (Å²) >= 11 is 3.44. The van der Waals surface area contributed by atoms with Crippen LogP contribution in [0.1, 0.15) is 25.3 Å². The molecule has 3 nitrogen and oxygen atoms in total. The van der Waals surface area contributed by atoms with Crippen LogP contribution in [-0.2, 0) is 4.79 Å². The van der Waals surface area contributed by atoms with E-state index in [1.807, 2.05) is 18.2 Å². The van der Waals surface area contributed by atoms with E-state index in [2.05, 4.69) is 40.4 Å². The number of likely N-dealkylation sites (N-methyl/N-ethyl adjacent to an activating group) is 1. The molecule has 1 aromatic carbocycles. The highest BCUT2D eigenvalue weighted by molar-refractivity contribution is 9.10. The molecule has 1 amide bonds. The van der Waals surface area contributed by atoms with Gasteiger partial charge in [0.05, 0.1) is 6.54 Å². The first-order valence-corrected chi connectivity index (χ1v) is 6.07. The fourth-order valence-electron chi connectivity index (χ4n) is 1.48. The molecule has 16 heavy (non-hydrogen) atoms. The van der Waals surface area contributed by atoms with Gasteiger partial charge in [0.1, 0.15) is 0 Å². The zero-order valence-corrected chi connectivity index (χ0v) is 11.4. The van der Waals surface area contributed by atoms with E-state index in [0.29, 0.717) is 12.5 Å². The number of amides is 1. The highest BCUT2D eigenvalue weighted by Gasteiger charge is 2.09. The van der Waals surface area contributed by atoms with Crippen molar-refractivity contribution in [2.75, 3.05) is 18.9 Å². The highest BCUT2D eigenvalue weighted by Crippen LogP contribution is 2.27. The van der Waals surface area contributed by atoms with Crippen molar-refractivity contribution in [1.29, 1.82) is 0 Å². The molecule has 0 saturated carbocycles. The molecule has 88 valence electrons. The van der Waals surface area contributed by atoms with Crippen LogP contribution in [0.15, 0.2) is 22.7 Å². The van der Waals surface area contributed by atoms with Crippen molar-refractivity contribution in [2.24, 2.45) is 0 Å². The summed E-state index contributed by atoms with van der Waals surface area (Å²) in [6.45, 7) is 4.54. The highest BCUT2D eigenvalue weighted by atomic mass is 79.9. The summed E-state index contributed by atoms with van der Waals surface area (Å²) in [5.74, 6) is 0.356. The van der Waals surface area contributed by atoms with Crippen LogP contribution in [-0.4, -0.2) is 19.5 Å². The quantitative estimate of drug-likeness (QED) is 0.893. The van der Waals surface area contributed by atoms with Crippen LogP contribution in [0.5, 0.6) is 0 Å². The number of hydrogen-bond acceptors (Lipinski definition) is 2. The van der Waals surface area contributed by atoms with E-state index < -0.39 is 0 Å². The maximum absolute atomic E-state index is 11.5. The third kappa shape index (κ3) is 3.61. The van der Waals surface area contributed by atoms with Gasteiger partial charge in [-0.3, -0.25) is 4.79 Å². The lowest BCUT2D eigenvalue weighted by atomic mass is 10.0. The van der Waals surface area contributed by atoms with Crippen molar-refractivity contribution < 1.29 is 4.79 Å². The molecular formula is C12H17BrN2O. The molecule has 0 spiro atoms. The number of nitrogens with one attached hydrogen (secondary N) is 2. The molecule has 0 bridgehead atoms. The molecule has 1 rings (SSSR count). The molecule has 0 unspecified atom stereocenters. The van der Waals surface area contributed by atoms with Gasteiger partial charge in [-0.05, 0) is 36.7 Å². The Kier molecular flexibility index (Phi) is 4.96. The second-order valence-electron chi connectivity index (χ2n) is 3.96. The molecule has 0 atom stereocenters. The molecule has 1 aromatic rings. The lowest BCUT2D eigenvalue weighted by Gasteiger charge is -2.14. The Bertz CT molecular complexity index is 377. The lowest BCUT2D eigenvalue weighted by Crippen LogP contribution is -2.25. The average molecular weight is 285 g/mol. The van der Waals surface area contributed by atoms with E-state index in [1.165, 1.54) is 0 Å². The molecule has 0 aromatic heterocycles. The average Bonchev–Trinajstić information content (AvgIpc) is 2.20. The number of benzene rings is 1. The smallest absolute Gasteiger partial charge is 0.238 e. The molecule has 0 aliphatic heterocycles. The standard InChI is InChI=1S/C12H17BrN2O/c1-8(2)10-6-9(13)4-5-11(10)15-12(16)7-14-3/h4-6,8,14H,7H2,1-3H3,(H,15,16). The molecular weight excluding hydrogens is 268 g/mol. The van der Waals surface area contributed by atoms with Crippen LogP contribution in [0.25, 0.3) is 0 Å². The number of hydrogen-bond donors (Lipinski definition) is 2. The Morgan fingerprint density at radius 1 is 1.44 bits per heavy atom. The maximum atomic E-state index is 11.5. The Morgan fingerprint density at radius 3 is 2.69 bits per heavy atom. The van der Waals surface area contributed by atoms with Crippen LogP contribution >= 0.6 is 15.9 Å². The van der Waals surface area contributed by atoms with Gasteiger partial charge in [-0.25, -0.2) is 0 Å². The van der Waals surface area contributed by atoms with Crippen molar-refractivity contribution in [3.8, 4) is 0 Å². The molecule has 4 heteroatoms. The van der Waals surface area contributed by atoms with E-state index in [1.54, 1.807) is 7.05 Å². The summed E-state index contributed by atoms with van der Waals surface area (Å²) in [6.07, 6.45) is 0. The molecule has 0 heterocycles. The van der Waals surface area contributed by atoms with E-state index in [0.717, 1.165) is 15.7 Å². The summed E-state index contributed by atoms with van der Waals surface area (Å²) in [5.41, 5.74) is 2.03. The first-order chi connectivity index (χ1) is 7.54. The predicted octanol–water partition coefficient (Wildman–Crippen LogP) is 2.73. The molecule has 0 saturated heterocycles. The molecule has 2 N–H and O–H groups in total. The first kappa shape index (κ1) is 13.2. The van der Waals surface area contributed by atoms with Gasteiger partial charge < -0.3 is 10.6 Å². The Hall–Kier alpha value is -0.870. The van der Waals surface area contributed by atoms with E-state index in [9.17, 15) is 4.79 Å². The zero-order chi connectivity index (χ0) is 12.1. The molecule has 0 aliphatic rings. The molecule has 0 fully saturated rings. The normalized spacial score (nSPS) is 10.6. The number of carbonyl (C=O) groups excluding carboxylic acids is 1. The van der Waals surface area contributed by atoms with Gasteiger partial charge in [0.25, 0.3) is 0 Å². The van der Waals surface area contributed by atoms with Gasteiger partial charge in [-0.15, -0.1) is 0 Å². The fourth-order valence-corrected chi connectivity index (χ4v) is 1.86. The predicted molar refractivity (Wildman–Crippen MR) is 70.8 cm³/mol. The monoisotopic (exact) mass is 284 g/mol. The van der Waals surface area contributed by atoms with Crippen LogP contribution in [0.4, 0.5) is 5.69 Å². The Balaban J connectivity index is 2.90. The third-order valence-electron chi connectivity index (χ3n) is 2.25. The third-order valence-corrected chi connectivity index (χ3v) is 2.74. The van der Waals surface area contributed by atoms with E-state index >= 15 is 0 Å². The van der Waals surface area contributed by atoms with Crippen LogP contribution < -0.4 is 10.6 Å². The minimum absolute atomic E-state index is 0.0216. The number of carbonyl (C=O) groups is 1. The largest absolute Gasteiger partial charge is 0.325 e. The minimum atomic E-state index is -0.0216. The number of halogens is 1. The Labute approximate surface area is 105 Å². The van der Waals surface area contributed by atoms with E-state index in [-0.39, 0.29) is 5.91 Å². The lowest BCUT2D eigenvalue weighted by molar-refractivity contribution is -0.115. The van der Waals surface area contributed by atoms with Crippen molar-refractivity contribution in [3.63, 3.8) is 0 Å². The van der Waals surface area contributed by atoms with Gasteiger partial charge in [0.2, 0.25) is 5.91 Å². The minimum Gasteiger partial charge on any atom is -0.325 e. The summed E-state index contributed by atoms with van der Waals surface area (Å²) in [5, 5.41) is 5.72.